The molecule has 1 saturated carbocycles. The monoisotopic (exact) mass is 537 g/mol. The van der Waals surface area contributed by atoms with E-state index in [9.17, 15) is 19.2 Å². The number of amides is 3. The van der Waals surface area contributed by atoms with E-state index in [1.807, 2.05) is 13.0 Å². The first-order chi connectivity index (χ1) is 18.5. The molecule has 1 heterocycles. The molecule has 39 heavy (non-hydrogen) atoms. The minimum Gasteiger partial charge on any atom is -0.493 e. The lowest BCUT2D eigenvalue weighted by Gasteiger charge is -2.28. The van der Waals surface area contributed by atoms with Gasteiger partial charge >= 0.3 is 5.97 Å². The second kappa shape index (κ2) is 11.3. The molecule has 0 unspecified atom stereocenters. The standard InChI is InChI=1S/C29H35N3O7/c1-6-38-23-14-18(12-13-22(23)37-5)21(15-24(33)31-39-28(36)29(2,3)4)32-16-19-8-7-9-20(25(19)27(32)35)30-26(34)17-10-11-17/h7-9,12-14,17,21H,6,10-11,15-16H2,1-5H3,(H,30,34)(H,31,33)/t21-/m0/s1. The van der Waals surface area contributed by atoms with Crippen LogP contribution in [0.5, 0.6) is 11.5 Å². The predicted octanol–water partition coefficient (Wildman–Crippen LogP) is 4.15. The molecule has 2 aromatic carbocycles. The van der Waals surface area contributed by atoms with E-state index in [1.54, 1.807) is 56.0 Å². The van der Waals surface area contributed by atoms with Crippen LogP contribution in [0.3, 0.4) is 0 Å². The van der Waals surface area contributed by atoms with Crippen molar-refractivity contribution in [2.45, 2.75) is 59.5 Å². The summed E-state index contributed by atoms with van der Waals surface area (Å²) in [5.41, 5.74) is 3.69. The molecule has 2 aliphatic rings. The van der Waals surface area contributed by atoms with Crippen LogP contribution in [0.15, 0.2) is 36.4 Å². The van der Waals surface area contributed by atoms with E-state index in [-0.39, 0.29) is 30.7 Å². The largest absolute Gasteiger partial charge is 0.493 e. The predicted molar refractivity (Wildman–Crippen MR) is 143 cm³/mol. The number of ether oxygens (including phenoxy) is 2. The number of carbonyl (C=O) groups is 4. The van der Waals surface area contributed by atoms with E-state index in [0.717, 1.165) is 18.4 Å². The Morgan fingerprint density at radius 1 is 1.10 bits per heavy atom. The lowest BCUT2D eigenvalue weighted by molar-refractivity contribution is -0.166. The van der Waals surface area contributed by atoms with Gasteiger partial charge in [-0.25, -0.2) is 4.79 Å². The summed E-state index contributed by atoms with van der Waals surface area (Å²) in [7, 11) is 1.53. The van der Waals surface area contributed by atoms with Gasteiger partial charge in [-0.3, -0.25) is 14.4 Å². The Hall–Kier alpha value is -4.08. The van der Waals surface area contributed by atoms with Crippen molar-refractivity contribution in [2.75, 3.05) is 19.0 Å². The topological polar surface area (TPSA) is 123 Å². The van der Waals surface area contributed by atoms with Crippen LogP contribution in [0.2, 0.25) is 0 Å². The van der Waals surface area contributed by atoms with Crippen molar-refractivity contribution in [3.8, 4) is 11.5 Å². The second-order valence-electron chi connectivity index (χ2n) is 10.8. The summed E-state index contributed by atoms with van der Waals surface area (Å²) in [6, 6.07) is 9.86. The van der Waals surface area contributed by atoms with E-state index >= 15 is 0 Å². The number of rotatable bonds is 9. The zero-order valence-electron chi connectivity index (χ0n) is 23.0. The van der Waals surface area contributed by atoms with E-state index in [2.05, 4.69) is 10.8 Å². The first-order valence-corrected chi connectivity index (χ1v) is 13.1. The third kappa shape index (κ3) is 6.32. The number of nitrogens with one attached hydrogen (secondary N) is 2. The third-order valence-corrected chi connectivity index (χ3v) is 6.67. The van der Waals surface area contributed by atoms with Crippen LogP contribution in [0.25, 0.3) is 0 Å². The molecule has 10 nitrogen and oxygen atoms in total. The molecule has 1 aliphatic carbocycles. The number of hydrogen-bond donors (Lipinski definition) is 2. The SMILES string of the molecule is CCOc1cc([C@H](CC(=O)NOC(=O)C(C)(C)C)N2Cc3cccc(NC(=O)C4CC4)c3C2=O)ccc1OC. The first-order valence-electron chi connectivity index (χ1n) is 13.1. The summed E-state index contributed by atoms with van der Waals surface area (Å²) in [4.78, 5) is 58.0. The summed E-state index contributed by atoms with van der Waals surface area (Å²) >= 11 is 0. The molecule has 2 aromatic rings. The Labute approximate surface area is 227 Å². The van der Waals surface area contributed by atoms with E-state index < -0.39 is 23.3 Å². The minimum absolute atomic E-state index is 0.0167. The highest BCUT2D eigenvalue weighted by atomic mass is 16.7. The molecule has 3 amide bonds. The van der Waals surface area contributed by atoms with Crippen LogP contribution in [0.1, 0.15) is 74.5 Å². The number of fused-ring (bicyclic) bond motifs is 1. The fourth-order valence-corrected chi connectivity index (χ4v) is 4.37. The highest BCUT2D eigenvalue weighted by molar-refractivity contribution is 6.07. The number of benzene rings is 2. The van der Waals surface area contributed by atoms with E-state index in [0.29, 0.717) is 34.9 Å². The molecule has 1 atom stereocenters. The number of hydrogen-bond acceptors (Lipinski definition) is 7. The van der Waals surface area contributed by atoms with Gasteiger partial charge in [0.2, 0.25) is 5.91 Å². The smallest absolute Gasteiger partial charge is 0.337 e. The van der Waals surface area contributed by atoms with Crippen LogP contribution >= 0.6 is 0 Å². The van der Waals surface area contributed by atoms with Gasteiger partial charge in [0.05, 0.1) is 42.8 Å². The summed E-state index contributed by atoms with van der Waals surface area (Å²) in [6.45, 7) is 7.51. The van der Waals surface area contributed by atoms with Crippen molar-refractivity contribution in [1.29, 1.82) is 0 Å². The van der Waals surface area contributed by atoms with Gasteiger partial charge in [-0.05, 0) is 69.9 Å². The van der Waals surface area contributed by atoms with Gasteiger partial charge in [0.25, 0.3) is 11.8 Å². The summed E-state index contributed by atoms with van der Waals surface area (Å²) in [5.74, 6) is -0.587. The number of carbonyl (C=O) groups excluding carboxylic acids is 4. The third-order valence-electron chi connectivity index (χ3n) is 6.67. The Morgan fingerprint density at radius 2 is 1.85 bits per heavy atom. The maximum absolute atomic E-state index is 13.8. The molecule has 0 radical (unpaired) electrons. The molecule has 10 heteroatoms. The highest BCUT2D eigenvalue weighted by Crippen LogP contribution is 2.40. The Balaban J connectivity index is 1.64. The number of methoxy groups -OCH3 is 1. The van der Waals surface area contributed by atoms with Gasteiger partial charge in [0.1, 0.15) is 0 Å². The number of nitrogens with zero attached hydrogens (tertiary/aromatic N) is 1. The fraction of sp³-hybridized carbons (Fsp3) is 0.448. The lowest BCUT2D eigenvalue weighted by atomic mass is 9.98. The highest BCUT2D eigenvalue weighted by Gasteiger charge is 2.38. The van der Waals surface area contributed by atoms with Gasteiger partial charge in [0, 0.05) is 12.5 Å². The van der Waals surface area contributed by atoms with E-state index in [1.165, 1.54) is 7.11 Å². The molecule has 0 saturated heterocycles. The molecule has 0 bridgehead atoms. The average Bonchev–Trinajstić information content (AvgIpc) is 3.69. The Kier molecular flexibility index (Phi) is 8.13. The van der Waals surface area contributed by atoms with Gasteiger partial charge < -0.3 is 24.5 Å². The molecule has 0 aromatic heterocycles. The number of hydroxylamine groups is 1. The van der Waals surface area contributed by atoms with Crippen molar-refractivity contribution >= 4 is 29.4 Å². The van der Waals surface area contributed by atoms with Crippen LogP contribution in [0.4, 0.5) is 5.69 Å². The zero-order valence-corrected chi connectivity index (χ0v) is 23.0. The van der Waals surface area contributed by atoms with Crippen LogP contribution in [-0.2, 0) is 25.8 Å². The maximum Gasteiger partial charge on any atom is 0.337 e. The Bertz CT molecular complexity index is 1280. The van der Waals surface area contributed by atoms with Crippen molar-refractivity contribution in [3.63, 3.8) is 0 Å². The normalized spacial score (nSPS) is 15.3. The fourth-order valence-electron chi connectivity index (χ4n) is 4.37. The maximum atomic E-state index is 13.8. The molecule has 208 valence electrons. The second-order valence-corrected chi connectivity index (χ2v) is 10.8. The van der Waals surface area contributed by atoms with Crippen LogP contribution < -0.4 is 20.3 Å². The van der Waals surface area contributed by atoms with Gasteiger partial charge in [0.15, 0.2) is 11.5 Å². The van der Waals surface area contributed by atoms with Crippen molar-refractivity contribution in [2.24, 2.45) is 11.3 Å². The molecule has 1 fully saturated rings. The lowest BCUT2D eigenvalue weighted by Crippen LogP contribution is -2.37. The van der Waals surface area contributed by atoms with Crippen LogP contribution in [-0.4, -0.2) is 42.3 Å². The first kappa shape index (κ1) is 27.9. The summed E-state index contributed by atoms with van der Waals surface area (Å²) < 4.78 is 11.1. The molecule has 2 N–H and O–H groups in total. The molecule has 0 spiro atoms. The molecular weight excluding hydrogens is 502 g/mol. The average molecular weight is 538 g/mol. The Morgan fingerprint density at radius 3 is 2.49 bits per heavy atom. The van der Waals surface area contributed by atoms with Crippen molar-refractivity contribution in [3.05, 3.63) is 53.1 Å². The van der Waals surface area contributed by atoms with Gasteiger partial charge in [-0.2, -0.15) is 5.48 Å². The quantitative estimate of drug-likeness (QED) is 0.461. The summed E-state index contributed by atoms with van der Waals surface area (Å²) in [5, 5.41) is 2.90. The number of anilines is 1. The van der Waals surface area contributed by atoms with Gasteiger partial charge in [-0.1, -0.05) is 18.2 Å². The van der Waals surface area contributed by atoms with Crippen molar-refractivity contribution < 1.29 is 33.5 Å². The van der Waals surface area contributed by atoms with E-state index in [4.69, 9.17) is 14.3 Å². The minimum atomic E-state index is -0.803. The van der Waals surface area contributed by atoms with Crippen molar-refractivity contribution in [1.82, 2.24) is 10.4 Å². The molecule has 1 aliphatic heterocycles. The van der Waals surface area contributed by atoms with Crippen LogP contribution in [0, 0.1) is 11.3 Å². The van der Waals surface area contributed by atoms with Gasteiger partial charge in [-0.15, -0.1) is 0 Å². The summed E-state index contributed by atoms with van der Waals surface area (Å²) in [6.07, 6.45) is 1.51. The molecular formula is C29H35N3O7. The molecule has 4 rings (SSSR count). The zero-order chi connectivity index (χ0) is 28.3.